The lowest BCUT2D eigenvalue weighted by Crippen LogP contribution is -2.32. The van der Waals surface area contributed by atoms with Crippen LogP contribution >= 0.6 is 0 Å². The maximum atomic E-state index is 12.4. The van der Waals surface area contributed by atoms with Gasteiger partial charge in [-0.15, -0.1) is 0 Å². The zero-order chi connectivity index (χ0) is 15.2. The molecule has 0 spiro atoms. The van der Waals surface area contributed by atoms with Crippen molar-refractivity contribution in [2.24, 2.45) is 5.92 Å². The van der Waals surface area contributed by atoms with Gasteiger partial charge in [-0.05, 0) is 37.5 Å². The van der Waals surface area contributed by atoms with E-state index in [0.29, 0.717) is 5.56 Å². The summed E-state index contributed by atoms with van der Waals surface area (Å²) in [5.41, 5.74) is 1.56. The third-order valence-electron chi connectivity index (χ3n) is 3.69. The molecule has 1 aromatic heterocycles. The average molecular weight is 284 g/mol. The fourth-order valence-electron chi connectivity index (χ4n) is 2.51. The molecule has 0 aliphatic heterocycles. The summed E-state index contributed by atoms with van der Waals surface area (Å²) in [5.74, 6) is 0.711. The minimum atomic E-state index is -0.00866. The van der Waals surface area contributed by atoms with E-state index in [2.05, 4.69) is 31.1 Å². The number of hydrogen-bond donors (Lipinski definition) is 1. The van der Waals surface area contributed by atoms with E-state index in [0.717, 1.165) is 29.7 Å². The smallest absolute Gasteiger partial charge is 0.252 e. The fraction of sp³-hybridized carbons (Fsp3) is 0.444. The Morgan fingerprint density at radius 2 is 1.95 bits per heavy atom. The Morgan fingerprint density at radius 3 is 2.71 bits per heavy atom. The number of amides is 1. The molecular formula is C18H24N2O. The van der Waals surface area contributed by atoms with Gasteiger partial charge in [0.05, 0.1) is 5.52 Å². The van der Waals surface area contributed by atoms with Gasteiger partial charge < -0.3 is 5.32 Å². The number of carbonyl (C=O) groups is 1. The number of rotatable bonds is 6. The van der Waals surface area contributed by atoms with Crippen molar-refractivity contribution in [2.45, 2.75) is 46.1 Å². The molecule has 0 aliphatic rings. The molecule has 112 valence electrons. The van der Waals surface area contributed by atoms with Gasteiger partial charge in [0.25, 0.3) is 5.91 Å². The summed E-state index contributed by atoms with van der Waals surface area (Å²) in [7, 11) is 0. The normalized spacial score (nSPS) is 12.6. The summed E-state index contributed by atoms with van der Waals surface area (Å²) < 4.78 is 0. The van der Waals surface area contributed by atoms with Crippen LogP contribution in [0, 0.1) is 5.92 Å². The first kappa shape index (κ1) is 15.5. The molecule has 1 N–H and O–H groups in total. The lowest BCUT2D eigenvalue weighted by atomic mass is 10.0. The second-order valence-electron chi connectivity index (χ2n) is 6.07. The monoisotopic (exact) mass is 284 g/mol. The van der Waals surface area contributed by atoms with E-state index in [4.69, 9.17) is 0 Å². The molecule has 0 aliphatic carbocycles. The van der Waals surface area contributed by atoms with Gasteiger partial charge >= 0.3 is 0 Å². The van der Waals surface area contributed by atoms with Gasteiger partial charge in [0.15, 0.2) is 0 Å². The highest BCUT2D eigenvalue weighted by atomic mass is 16.1. The summed E-state index contributed by atoms with van der Waals surface area (Å²) >= 11 is 0. The zero-order valence-corrected chi connectivity index (χ0v) is 13.1. The highest BCUT2D eigenvalue weighted by molar-refractivity contribution is 6.06. The number of hydrogen-bond acceptors (Lipinski definition) is 2. The maximum absolute atomic E-state index is 12.4. The quantitative estimate of drug-likeness (QED) is 0.864. The van der Waals surface area contributed by atoms with E-state index < -0.39 is 0 Å². The topological polar surface area (TPSA) is 42.0 Å². The Hall–Kier alpha value is -1.90. The molecule has 3 heteroatoms. The number of benzene rings is 1. The number of nitrogens with zero attached hydrogens (tertiary/aromatic N) is 1. The van der Waals surface area contributed by atoms with Crippen LogP contribution in [0.4, 0.5) is 0 Å². The van der Waals surface area contributed by atoms with Gasteiger partial charge in [-0.25, -0.2) is 0 Å². The SMILES string of the molecule is CC(C)CCCC(C)NC(=O)c1cccc2ncccc12. The maximum Gasteiger partial charge on any atom is 0.252 e. The molecule has 0 saturated carbocycles. The summed E-state index contributed by atoms with van der Waals surface area (Å²) in [5, 5.41) is 4.00. The van der Waals surface area contributed by atoms with Crippen LogP contribution in [0.3, 0.4) is 0 Å². The Labute approximate surface area is 126 Å². The molecule has 21 heavy (non-hydrogen) atoms. The van der Waals surface area contributed by atoms with Crippen LogP contribution in [0.5, 0.6) is 0 Å². The van der Waals surface area contributed by atoms with Crippen LogP contribution in [0.25, 0.3) is 10.9 Å². The molecule has 0 fully saturated rings. The van der Waals surface area contributed by atoms with E-state index >= 15 is 0 Å². The van der Waals surface area contributed by atoms with E-state index in [1.165, 1.54) is 6.42 Å². The summed E-state index contributed by atoms with van der Waals surface area (Å²) in [6.45, 7) is 6.53. The van der Waals surface area contributed by atoms with Crippen molar-refractivity contribution in [1.29, 1.82) is 0 Å². The molecule has 1 unspecified atom stereocenters. The lowest BCUT2D eigenvalue weighted by Gasteiger charge is -2.15. The molecule has 1 atom stereocenters. The molecule has 0 saturated heterocycles. The standard InChI is InChI=1S/C18H24N2O/c1-13(2)7-4-8-14(3)20-18(21)16-9-5-11-17-15(16)10-6-12-19-17/h5-6,9-14H,4,7-8H2,1-3H3,(H,20,21). The van der Waals surface area contributed by atoms with Crippen LogP contribution in [0.15, 0.2) is 36.5 Å². The van der Waals surface area contributed by atoms with Gasteiger partial charge in [0.1, 0.15) is 0 Å². The van der Waals surface area contributed by atoms with Crippen LogP contribution < -0.4 is 5.32 Å². The second-order valence-corrected chi connectivity index (χ2v) is 6.07. The van der Waals surface area contributed by atoms with Crippen molar-refractivity contribution < 1.29 is 4.79 Å². The Bertz CT molecular complexity index is 602. The van der Waals surface area contributed by atoms with Crippen LogP contribution in [-0.2, 0) is 0 Å². The average Bonchev–Trinajstić information content (AvgIpc) is 2.46. The van der Waals surface area contributed by atoms with Crippen molar-refractivity contribution in [3.05, 3.63) is 42.1 Å². The Kier molecular flexibility index (Phi) is 5.32. The van der Waals surface area contributed by atoms with Crippen molar-refractivity contribution in [3.8, 4) is 0 Å². The van der Waals surface area contributed by atoms with Gasteiger partial charge in [0.2, 0.25) is 0 Å². The largest absolute Gasteiger partial charge is 0.350 e. The highest BCUT2D eigenvalue weighted by Crippen LogP contribution is 2.17. The minimum absolute atomic E-state index is 0.00866. The molecule has 0 radical (unpaired) electrons. The number of nitrogens with one attached hydrogen (secondary N) is 1. The lowest BCUT2D eigenvalue weighted by molar-refractivity contribution is 0.0939. The van der Waals surface area contributed by atoms with Crippen LogP contribution in [0.2, 0.25) is 0 Å². The molecule has 1 aromatic carbocycles. The minimum Gasteiger partial charge on any atom is -0.350 e. The van der Waals surface area contributed by atoms with E-state index in [1.807, 2.05) is 30.3 Å². The van der Waals surface area contributed by atoms with Crippen molar-refractivity contribution in [3.63, 3.8) is 0 Å². The van der Waals surface area contributed by atoms with Gasteiger partial charge in [0, 0.05) is 23.2 Å². The summed E-state index contributed by atoms with van der Waals surface area (Å²) in [4.78, 5) is 16.7. The highest BCUT2D eigenvalue weighted by Gasteiger charge is 2.12. The molecular weight excluding hydrogens is 260 g/mol. The summed E-state index contributed by atoms with van der Waals surface area (Å²) in [6.07, 6.45) is 5.13. The van der Waals surface area contributed by atoms with E-state index in [-0.39, 0.29) is 11.9 Å². The molecule has 1 heterocycles. The van der Waals surface area contributed by atoms with Crippen molar-refractivity contribution in [2.75, 3.05) is 0 Å². The number of pyridine rings is 1. The van der Waals surface area contributed by atoms with Crippen molar-refractivity contribution in [1.82, 2.24) is 10.3 Å². The predicted molar refractivity (Wildman–Crippen MR) is 87.4 cm³/mol. The second kappa shape index (κ2) is 7.21. The van der Waals surface area contributed by atoms with Gasteiger partial charge in [-0.3, -0.25) is 9.78 Å². The Morgan fingerprint density at radius 1 is 1.14 bits per heavy atom. The zero-order valence-electron chi connectivity index (χ0n) is 13.1. The van der Waals surface area contributed by atoms with Gasteiger partial charge in [-0.2, -0.15) is 0 Å². The van der Waals surface area contributed by atoms with Gasteiger partial charge in [-0.1, -0.05) is 38.8 Å². The summed E-state index contributed by atoms with van der Waals surface area (Å²) in [6, 6.07) is 9.68. The first-order valence-corrected chi connectivity index (χ1v) is 7.72. The predicted octanol–water partition coefficient (Wildman–Crippen LogP) is 4.18. The third-order valence-corrected chi connectivity index (χ3v) is 3.69. The van der Waals surface area contributed by atoms with Crippen LogP contribution in [-0.4, -0.2) is 16.9 Å². The number of fused-ring (bicyclic) bond motifs is 1. The molecule has 0 bridgehead atoms. The first-order chi connectivity index (χ1) is 10.1. The van der Waals surface area contributed by atoms with E-state index in [9.17, 15) is 4.79 Å². The molecule has 2 rings (SSSR count). The Balaban J connectivity index is 2.02. The van der Waals surface area contributed by atoms with Crippen molar-refractivity contribution >= 4 is 16.8 Å². The first-order valence-electron chi connectivity index (χ1n) is 7.72. The molecule has 2 aromatic rings. The number of aromatic nitrogens is 1. The fourth-order valence-corrected chi connectivity index (χ4v) is 2.51. The van der Waals surface area contributed by atoms with Crippen LogP contribution in [0.1, 0.15) is 50.4 Å². The van der Waals surface area contributed by atoms with E-state index in [1.54, 1.807) is 6.20 Å². The molecule has 3 nitrogen and oxygen atoms in total. The third kappa shape index (κ3) is 4.28. The number of carbonyl (C=O) groups excluding carboxylic acids is 1. The molecule has 1 amide bonds.